The molecule has 0 aliphatic carbocycles. The van der Waals surface area contributed by atoms with Crippen molar-refractivity contribution < 1.29 is 23.0 Å². The summed E-state index contributed by atoms with van der Waals surface area (Å²) in [7, 11) is 1.58. The molecule has 1 heterocycles. The Labute approximate surface area is 162 Å². The number of aromatic nitrogens is 2. The number of imidazole rings is 1. The molecule has 0 fully saturated rings. The number of alkyl halides is 2. The second kappa shape index (κ2) is 8.45. The Balaban J connectivity index is 1.59. The van der Waals surface area contributed by atoms with Gasteiger partial charge in [0.1, 0.15) is 11.5 Å². The molecule has 1 aromatic heterocycles. The van der Waals surface area contributed by atoms with E-state index >= 15 is 0 Å². The van der Waals surface area contributed by atoms with E-state index in [1.54, 1.807) is 13.2 Å². The Morgan fingerprint density at radius 1 is 1.33 bits per heavy atom. The number of thioether (sulfide) groups is 1. The highest BCUT2D eigenvalue weighted by atomic mass is 35.5. The van der Waals surface area contributed by atoms with Gasteiger partial charge in [-0.3, -0.25) is 4.79 Å². The Bertz CT molecular complexity index is 968. The average molecular weight is 414 g/mol. The van der Waals surface area contributed by atoms with Gasteiger partial charge in [-0.25, -0.2) is 4.98 Å². The van der Waals surface area contributed by atoms with Crippen molar-refractivity contribution in [3.8, 4) is 11.5 Å². The zero-order valence-electron chi connectivity index (χ0n) is 14.0. The number of carbonyl (C=O) groups excluding carboxylic acids is 1. The Morgan fingerprint density at radius 3 is 2.85 bits per heavy atom. The second-order valence-electron chi connectivity index (χ2n) is 5.29. The van der Waals surface area contributed by atoms with Crippen molar-refractivity contribution in [1.82, 2.24) is 9.97 Å². The molecule has 6 nitrogen and oxygen atoms in total. The molecular weight excluding hydrogens is 400 g/mol. The maximum atomic E-state index is 12.2. The number of H-pyrrole nitrogens is 1. The van der Waals surface area contributed by atoms with E-state index in [1.807, 2.05) is 12.1 Å². The summed E-state index contributed by atoms with van der Waals surface area (Å²) in [4.78, 5) is 19.6. The minimum Gasteiger partial charge on any atom is -0.497 e. The van der Waals surface area contributed by atoms with Crippen molar-refractivity contribution in [1.29, 1.82) is 0 Å². The van der Waals surface area contributed by atoms with Crippen LogP contribution in [-0.2, 0) is 4.79 Å². The van der Waals surface area contributed by atoms with Gasteiger partial charge in [0.05, 0.1) is 28.9 Å². The summed E-state index contributed by atoms with van der Waals surface area (Å²) in [6.45, 7) is -2.97. The van der Waals surface area contributed by atoms with Crippen molar-refractivity contribution >= 4 is 46.0 Å². The number of hydrogen-bond donors (Lipinski definition) is 2. The number of anilines is 1. The van der Waals surface area contributed by atoms with Crippen LogP contribution in [0.4, 0.5) is 14.5 Å². The summed E-state index contributed by atoms with van der Waals surface area (Å²) in [6.07, 6.45) is 0. The molecule has 0 aliphatic heterocycles. The van der Waals surface area contributed by atoms with Gasteiger partial charge in [0, 0.05) is 11.8 Å². The van der Waals surface area contributed by atoms with Crippen molar-refractivity contribution in [3.63, 3.8) is 0 Å². The quantitative estimate of drug-likeness (QED) is 0.555. The van der Waals surface area contributed by atoms with Crippen molar-refractivity contribution in [3.05, 3.63) is 41.4 Å². The molecule has 0 bridgehead atoms. The molecule has 0 radical (unpaired) electrons. The molecule has 0 saturated heterocycles. The van der Waals surface area contributed by atoms with Crippen LogP contribution < -0.4 is 14.8 Å². The first kappa shape index (κ1) is 19.2. The first-order valence-electron chi connectivity index (χ1n) is 7.65. The molecule has 0 atom stereocenters. The molecule has 2 N–H and O–H groups in total. The number of fused-ring (bicyclic) bond motifs is 1. The zero-order valence-corrected chi connectivity index (χ0v) is 15.5. The highest BCUT2D eigenvalue weighted by Crippen LogP contribution is 2.29. The van der Waals surface area contributed by atoms with Gasteiger partial charge >= 0.3 is 6.61 Å². The topological polar surface area (TPSA) is 76.2 Å². The number of ether oxygens (including phenoxy) is 2. The summed E-state index contributed by atoms with van der Waals surface area (Å²) >= 11 is 7.09. The summed E-state index contributed by atoms with van der Waals surface area (Å²) in [5.74, 6) is 0.356. The van der Waals surface area contributed by atoms with E-state index < -0.39 is 6.61 Å². The lowest BCUT2D eigenvalue weighted by atomic mass is 10.3. The predicted octanol–water partition coefficient (Wildman–Crippen LogP) is 4.56. The highest BCUT2D eigenvalue weighted by Gasteiger charge is 2.11. The summed E-state index contributed by atoms with van der Waals surface area (Å²) in [5.41, 5.74) is 1.94. The molecule has 3 aromatic rings. The number of benzene rings is 2. The third-order valence-electron chi connectivity index (χ3n) is 3.44. The van der Waals surface area contributed by atoms with E-state index in [0.717, 1.165) is 11.0 Å². The molecule has 0 aliphatic rings. The lowest BCUT2D eigenvalue weighted by molar-refractivity contribution is -0.113. The van der Waals surface area contributed by atoms with Crippen LogP contribution in [0.25, 0.3) is 11.0 Å². The molecule has 1 amide bonds. The number of nitrogens with zero attached hydrogens (tertiary/aromatic N) is 1. The third-order valence-corrected chi connectivity index (χ3v) is 4.61. The Hall–Kier alpha value is -2.52. The van der Waals surface area contributed by atoms with E-state index in [9.17, 15) is 13.6 Å². The fraction of sp³-hybridized carbons (Fsp3) is 0.176. The first-order chi connectivity index (χ1) is 12.9. The number of hydrogen-bond acceptors (Lipinski definition) is 5. The van der Waals surface area contributed by atoms with Gasteiger partial charge in [-0.15, -0.1) is 0 Å². The minimum absolute atomic E-state index is 0.0213. The predicted molar refractivity (Wildman–Crippen MR) is 100 cm³/mol. The fourth-order valence-electron chi connectivity index (χ4n) is 2.26. The smallest absolute Gasteiger partial charge is 0.387 e. The van der Waals surface area contributed by atoms with Crippen LogP contribution in [0.3, 0.4) is 0 Å². The number of methoxy groups -OCH3 is 1. The number of halogens is 3. The van der Waals surface area contributed by atoms with Crippen LogP contribution in [0.1, 0.15) is 0 Å². The average Bonchev–Trinajstić information content (AvgIpc) is 3.04. The molecule has 142 valence electrons. The monoisotopic (exact) mass is 413 g/mol. The second-order valence-corrected chi connectivity index (χ2v) is 6.66. The SMILES string of the molecule is COc1ccc2nc(SCC(=O)Nc3ccc(OC(F)F)c(Cl)c3)[nH]c2c1. The van der Waals surface area contributed by atoms with Crippen LogP contribution in [0.2, 0.25) is 5.02 Å². The van der Waals surface area contributed by atoms with E-state index in [2.05, 4.69) is 20.0 Å². The molecule has 27 heavy (non-hydrogen) atoms. The van der Waals surface area contributed by atoms with Gasteiger partial charge in [0.25, 0.3) is 0 Å². The lowest BCUT2D eigenvalue weighted by Crippen LogP contribution is -2.14. The molecule has 10 heteroatoms. The summed E-state index contributed by atoms with van der Waals surface area (Å²) < 4.78 is 33.9. The van der Waals surface area contributed by atoms with E-state index in [0.29, 0.717) is 16.6 Å². The molecule has 0 spiro atoms. The Morgan fingerprint density at radius 2 is 2.15 bits per heavy atom. The standard InChI is InChI=1S/C17H14ClF2N3O3S/c1-25-10-3-4-12-13(7-10)23-17(22-12)27-8-15(24)21-9-2-5-14(11(18)6-9)26-16(19)20/h2-7,16H,8H2,1H3,(H,21,24)(H,22,23). The van der Waals surface area contributed by atoms with E-state index in [-0.39, 0.29) is 22.4 Å². The van der Waals surface area contributed by atoms with Crippen molar-refractivity contribution in [2.24, 2.45) is 0 Å². The molecular formula is C17H14ClF2N3O3S. The molecule has 0 unspecified atom stereocenters. The number of aromatic amines is 1. The third kappa shape index (κ3) is 5.01. The lowest BCUT2D eigenvalue weighted by Gasteiger charge is -2.09. The molecule has 0 saturated carbocycles. The highest BCUT2D eigenvalue weighted by molar-refractivity contribution is 7.99. The zero-order chi connectivity index (χ0) is 19.4. The first-order valence-corrected chi connectivity index (χ1v) is 9.01. The maximum Gasteiger partial charge on any atom is 0.387 e. The van der Waals surface area contributed by atoms with Gasteiger partial charge in [-0.2, -0.15) is 8.78 Å². The van der Waals surface area contributed by atoms with Crippen LogP contribution in [0.5, 0.6) is 11.5 Å². The van der Waals surface area contributed by atoms with Gasteiger partial charge in [-0.05, 0) is 30.3 Å². The van der Waals surface area contributed by atoms with Crippen LogP contribution in [-0.4, -0.2) is 35.3 Å². The normalized spacial score (nSPS) is 11.0. The van der Waals surface area contributed by atoms with Gasteiger partial charge in [0.2, 0.25) is 5.91 Å². The van der Waals surface area contributed by atoms with Gasteiger partial charge < -0.3 is 19.8 Å². The largest absolute Gasteiger partial charge is 0.497 e. The number of carbonyl (C=O) groups is 1. The van der Waals surface area contributed by atoms with E-state index in [4.69, 9.17) is 16.3 Å². The fourth-order valence-corrected chi connectivity index (χ4v) is 3.17. The Kier molecular flexibility index (Phi) is 6.02. The van der Waals surface area contributed by atoms with Gasteiger partial charge in [0.15, 0.2) is 5.16 Å². The molecule has 3 rings (SSSR count). The summed E-state index contributed by atoms with van der Waals surface area (Å²) in [6, 6.07) is 9.48. The summed E-state index contributed by atoms with van der Waals surface area (Å²) in [5, 5.41) is 3.21. The number of rotatable bonds is 7. The number of nitrogens with one attached hydrogen (secondary N) is 2. The van der Waals surface area contributed by atoms with Gasteiger partial charge in [-0.1, -0.05) is 23.4 Å². The number of amides is 1. The minimum atomic E-state index is -2.97. The maximum absolute atomic E-state index is 12.2. The van der Waals surface area contributed by atoms with Crippen molar-refractivity contribution in [2.75, 3.05) is 18.2 Å². The van der Waals surface area contributed by atoms with Crippen molar-refractivity contribution in [2.45, 2.75) is 11.8 Å². The van der Waals surface area contributed by atoms with Crippen LogP contribution in [0.15, 0.2) is 41.6 Å². The van der Waals surface area contributed by atoms with Crippen LogP contribution in [0, 0.1) is 0 Å². The van der Waals surface area contributed by atoms with Crippen LogP contribution >= 0.6 is 23.4 Å². The van der Waals surface area contributed by atoms with E-state index in [1.165, 1.54) is 30.0 Å². The molecule has 2 aromatic carbocycles.